The smallest absolute Gasteiger partial charge is 0.258 e. The Morgan fingerprint density at radius 2 is 1.90 bits per heavy atom. The quantitative estimate of drug-likeness (QED) is 0.573. The number of carbonyl (C=O) groups excluding carboxylic acids is 3. The van der Waals surface area contributed by atoms with Gasteiger partial charge in [0.1, 0.15) is 5.75 Å². The molecule has 2 N–H and O–H groups in total. The van der Waals surface area contributed by atoms with Crippen LogP contribution in [0.3, 0.4) is 0 Å². The third-order valence-corrected chi connectivity index (χ3v) is 4.69. The van der Waals surface area contributed by atoms with Crippen LogP contribution in [0.4, 0.5) is 0 Å². The molecule has 7 nitrogen and oxygen atoms in total. The fourth-order valence-electron chi connectivity index (χ4n) is 3.27. The topological polar surface area (TPSA) is 108 Å². The zero-order valence-corrected chi connectivity index (χ0v) is 18.0. The molecule has 0 unspecified atom stereocenters. The maximum absolute atomic E-state index is 12.4. The van der Waals surface area contributed by atoms with E-state index in [2.05, 4.69) is 16.7 Å². The van der Waals surface area contributed by atoms with Gasteiger partial charge in [-0.15, -0.1) is 0 Å². The Kier molecular flexibility index (Phi) is 8.77. The molecule has 0 aromatic heterocycles. The van der Waals surface area contributed by atoms with Crippen LogP contribution in [0.25, 0.3) is 11.1 Å². The van der Waals surface area contributed by atoms with Crippen LogP contribution in [-0.2, 0) is 9.59 Å². The summed E-state index contributed by atoms with van der Waals surface area (Å²) in [6.45, 7) is 3.75. The highest BCUT2D eigenvalue weighted by atomic mass is 16.5. The average molecular weight is 421 g/mol. The van der Waals surface area contributed by atoms with Gasteiger partial charge in [0.15, 0.2) is 12.9 Å². The van der Waals surface area contributed by atoms with E-state index in [0.717, 1.165) is 0 Å². The SMILES string of the molecule is CNC(=O)C[C@H](CC(C)C)NC(=O)COc1ccc(-c2ccccc2C#N)cc1C=O. The molecule has 2 aromatic carbocycles. The first kappa shape index (κ1) is 23.6. The fourth-order valence-corrected chi connectivity index (χ4v) is 3.27. The number of aldehydes is 1. The summed E-state index contributed by atoms with van der Waals surface area (Å²) in [5.41, 5.74) is 2.20. The van der Waals surface area contributed by atoms with Crippen LogP contribution in [0, 0.1) is 17.2 Å². The summed E-state index contributed by atoms with van der Waals surface area (Å²) < 4.78 is 5.57. The lowest BCUT2D eigenvalue weighted by Gasteiger charge is -2.20. The maximum atomic E-state index is 12.4. The van der Waals surface area contributed by atoms with Crippen molar-refractivity contribution in [2.45, 2.75) is 32.7 Å². The van der Waals surface area contributed by atoms with Crippen LogP contribution in [0.15, 0.2) is 42.5 Å². The van der Waals surface area contributed by atoms with Crippen molar-refractivity contribution in [2.24, 2.45) is 5.92 Å². The summed E-state index contributed by atoms with van der Waals surface area (Å²) >= 11 is 0. The lowest BCUT2D eigenvalue weighted by Crippen LogP contribution is -2.41. The molecule has 0 saturated heterocycles. The lowest BCUT2D eigenvalue weighted by atomic mass is 9.98. The third kappa shape index (κ3) is 6.96. The van der Waals surface area contributed by atoms with Crippen LogP contribution < -0.4 is 15.4 Å². The maximum Gasteiger partial charge on any atom is 0.258 e. The fraction of sp³-hybridized carbons (Fsp3) is 0.333. The summed E-state index contributed by atoms with van der Waals surface area (Å²) in [5, 5.41) is 14.7. The number of benzene rings is 2. The van der Waals surface area contributed by atoms with Gasteiger partial charge in [-0.05, 0) is 41.7 Å². The minimum atomic E-state index is -0.370. The minimum Gasteiger partial charge on any atom is -0.483 e. The molecule has 0 aliphatic rings. The van der Waals surface area contributed by atoms with E-state index >= 15 is 0 Å². The Balaban J connectivity index is 2.08. The predicted molar refractivity (Wildman–Crippen MR) is 118 cm³/mol. The molecule has 0 saturated carbocycles. The van der Waals surface area contributed by atoms with Gasteiger partial charge < -0.3 is 15.4 Å². The Hall–Kier alpha value is -3.66. The first-order valence-corrected chi connectivity index (χ1v) is 10.1. The van der Waals surface area contributed by atoms with E-state index in [0.29, 0.717) is 35.3 Å². The third-order valence-electron chi connectivity index (χ3n) is 4.69. The number of ether oxygens (including phenoxy) is 1. The Bertz CT molecular complexity index is 979. The molecule has 0 heterocycles. The summed E-state index contributed by atoms with van der Waals surface area (Å²) in [5.74, 6) is 0.0603. The standard InChI is InChI=1S/C24H27N3O4/c1-16(2)10-20(12-23(29)26-3)27-24(30)15-31-22-9-8-17(11-19(22)14-28)21-7-5-4-6-18(21)13-25/h4-9,11,14,16,20H,10,12,15H2,1-3H3,(H,26,29)(H,27,30)/t20-/m0/s1. The molecule has 0 radical (unpaired) electrons. The molecule has 1 atom stereocenters. The molecule has 31 heavy (non-hydrogen) atoms. The van der Waals surface area contributed by atoms with Gasteiger partial charge in [0, 0.05) is 19.5 Å². The second-order valence-corrected chi connectivity index (χ2v) is 7.59. The predicted octanol–water partition coefficient (Wildman–Crippen LogP) is 3.08. The number of nitrogens with zero attached hydrogens (tertiary/aromatic N) is 1. The molecule has 2 amide bonds. The van der Waals surface area contributed by atoms with Gasteiger partial charge in [-0.2, -0.15) is 5.26 Å². The monoisotopic (exact) mass is 421 g/mol. The second-order valence-electron chi connectivity index (χ2n) is 7.59. The number of hydrogen-bond acceptors (Lipinski definition) is 5. The number of carbonyl (C=O) groups is 3. The lowest BCUT2D eigenvalue weighted by molar-refractivity contribution is -0.125. The van der Waals surface area contributed by atoms with Crippen molar-refractivity contribution in [3.05, 3.63) is 53.6 Å². The molecular weight excluding hydrogens is 394 g/mol. The summed E-state index contributed by atoms with van der Waals surface area (Å²) in [6, 6.07) is 13.9. The van der Waals surface area contributed by atoms with Crippen LogP contribution >= 0.6 is 0 Å². The Morgan fingerprint density at radius 3 is 2.55 bits per heavy atom. The highest BCUT2D eigenvalue weighted by molar-refractivity contribution is 5.85. The van der Waals surface area contributed by atoms with Gasteiger partial charge >= 0.3 is 0 Å². The Morgan fingerprint density at radius 1 is 1.16 bits per heavy atom. The molecule has 0 bridgehead atoms. The molecule has 0 aliphatic heterocycles. The molecular formula is C24H27N3O4. The van der Waals surface area contributed by atoms with Gasteiger partial charge in [0.25, 0.3) is 5.91 Å². The van der Waals surface area contributed by atoms with Crippen molar-refractivity contribution in [1.29, 1.82) is 5.26 Å². The van der Waals surface area contributed by atoms with Crippen molar-refractivity contribution in [3.8, 4) is 22.9 Å². The molecule has 2 rings (SSSR count). The number of nitriles is 1. The molecule has 2 aromatic rings. The van der Waals surface area contributed by atoms with Crippen LogP contribution in [0.5, 0.6) is 5.75 Å². The van der Waals surface area contributed by atoms with E-state index in [1.165, 1.54) is 0 Å². The van der Waals surface area contributed by atoms with Gasteiger partial charge in [-0.25, -0.2) is 0 Å². The summed E-state index contributed by atoms with van der Waals surface area (Å²) in [4.78, 5) is 35.6. The Labute approximate surface area is 182 Å². The van der Waals surface area contributed by atoms with Crippen molar-refractivity contribution < 1.29 is 19.1 Å². The van der Waals surface area contributed by atoms with Gasteiger partial charge in [-0.3, -0.25) is 14.4 Å². The zero-order valence-electron chi connectivity index (χ0n) is 18.0. The van der Waals surface area contributed by atoms with Crippen LogP contribution in [0.2, 0.25) is 0 Å². The molecule has 0 fully saturated rings. The van der Waals surface area contributed by atoms with E-state index in [9.17, 15) is 19.6 Å². The van der Waals surface area contributed by atoms with Crippen molar-refractivity contribution in [2.75, 3.05) is 13.7 Å². The van der Waals surface area contributed by atoms with E-state index in [4.69, 9.17) is 4.74 Å². The highest BCUT2D eigenvalue weighted by Crippen LogP contribution is 2.28. The molecule has 162 valence electrons. The molecule has 0 aliphatic carbocycles. The van der Waals surface area contributed by atoms with Crippen LogP contribution in [0.1, 0.15) is 42.6 Å². The van der Waals surface area contributed by atoms with E-state index < -0.39 is 0 Å². The van der Waals surface area contributed by atoms with Gasteiger partial charge in [0.05, 0.1) is 17.2 Å². The number of rotatable bonds is 10. The van der Waals surface area contributed by atoms with Crippen molar-refractivity contribution >= 4 is 18.1 Å². The number of nitrogens with one attached hydrogen (secondary N) is 2. The summed E-state index contributed by atoms with van der Waals surface area (Å²) in [6.07, 6.45) is 1.50. The van der Waals surface area contributed by atoms with Gasteiger partial charge in [-0.1, -0.05) is 38.1 Å². The molecule has 0 spiro atoms. The highest BCUT2D eigenvalue weighted by Gasteiger charge is 2.18. The van der Waals surface area contributed by atoms with E-state index in [1.54, 1.807) is 43.4 Å². The molecule has 7 heteroatoms. The van der Waals surface area contributed by atoms with E-state index in [-0.39, 0.29) is 42.2 Å². The first-order chi connectivity index (χ1) is 14.9. The van der Waals surface area contributed by atoms with E-state index in [1.807, 2.05) is 19.9 Å². The zero-order chi connectivity index (χ0) is 22.8. The number of hydrogen-bond donors (Lipinski definition) is 2. The normalized spacial score (nSPS) is 11.3. The summed E-state index contributed by atoms with van der Waals surface area (Å²) in [7, 11) is 1.55. The van der Waals surface area contributed by atoms with Crippen molar-refractivity contribution in [1.82, 2.24) is 10.6 Å². The van der Waals surface area contributed by atoms with Crippen LogP contribution in [-0.4, -0.2) is 37.8 Å². The van der Waals surface area contributed by atoms with Gasteiger partial charge in [0.2, 0.25) is 5.91 Å². The largest absolute Gasteiger partial charge is 0.483 e. The first-order valence-electron chi connectivity index (χ1n) is 10.1. The average Bonchev–Trinajstić information content (AvgIpc) is 2.76. The number of amides is 2. The van der Waals surface area contributed by atoms with Crippen molar-refractivity contribution in [3.63, 3.8) is 0 Å². The second kappa shape index (κ2) is 11.5. The minimum absolute atomic E-state index is 0.150.